The molecule has 0 unspecified atom stereocenters. The predicted octanol–water partition coefficient (Wildman–Crippen LogP) is 2.25. The Labute approximate surface area is 70.8 Å². The number of nitrogens with zero attached hydrogens (tertiary/aromatic N) is 1. The normalized spacial score (nSPS) is 11.5. The first-order chi connectivity index (χ1) is 5.25. The molecule has 5 heteroatoms. The van der Waals surface area contributed by atoms with Crippen molar-refractivity contribution in [1.29, 1.82) is 0 Å². The van der Waals surface area contributed by atoms with Crippen molar-refractivity contribution >= 4 is 21.6 Å². The molecule has 0 fully saturated rings. The van der Waals surface area contributed by atoms with E-state index in [4.69, 9.17) is 4.42 Å². The molecule has 11 heavy (non-hydrogen) atoms. The summed E-state index contributed by atoms with van der Waals surface area (Å²) in [4.78, 5) is 11.0. The number of rotatable bonds is 2. The number of nitro groups is 1. The fourth-order valence-electron chi connectivity index (χ4n) is 0.608. The summed E-state index contributed by atoms with van der Waals surface area (Å²) in [7, 11) is 0. The summed E-state index contributed by atoms with van der Waals surface area (Å²) in [6, 6.07) is 3.12. The van der Waals surface area contributed by atoms with Crippen LogP contribution in [-0.2, 0) is 0 Å². The molecule has 0 N–H and O–H groups in total. The van der Waals surface area contributed by atoms with E-state index in [2.05, 4.69) is 15.9 Å². The van der Waals surface area contributed by atoms with Gasteiger partial charge in [0.15, 0.2) is 0 Å². The van der Waals surface area contributed by atoms with Crippen molar-refractivity contribution in [3.8, 4) is 0 Å². The van der Waals surface area contributed by atoms with Crippen LogP contribution in [0.5, 0.6) is 0 Å². The summed E-state index contributed by atoms with van der Waals surface area (Å²) in [5.74, 6) is 0.242. The molecular weight excluding hydrogens is 214 g/mol. The Hall–Kier alpha value is -1.10. The molecule has 1 rings (SSSR count). The summed E-state index contributed by atoms with van der Waals surface area (Å²) < 4.78 is 4.81. The molecule has 58 valence electrons. The van der Waals surface area contributed by atoms with Crippen molar-refractivity contribution in [3.63, 3.8) is 0 Å². The van der Waals surface area contributed by atoms with Gasteiger partial charge in [-0.15, -0.1) is 0 Å². The van der Waals surface area contributed by atoms with E-state index in [1.54, 1.807) is 6.07 Å². The van der Waals surface area contributed by atoms with Gasteiger partial charge in [0.05, 0.1) is 16.2 Å². The van der Waals surface area contributed by atoms with Gasteiger partial charge >= 0.3 is 5.70 Å². The zero-order valence-corrected chi connectivity index (χ0v) is 6.95. The zero-order valence-electron chi connectivity index (χ0n) is 5.36. The molecule has 1 aromatic rings. The summed E-state index contributed by atoms with van der Waals surface area (Å²) in [5, 5.41) is 10.3. The highest BCUT2D eigenvalue weighted by Crippen LogP contribution is 2.16. The second-order valence-corrected chi connectivity index (χ2v) is 2.19. The Balaban J connectivity index is 2.99. The monoisotopic (exact) mass is 217 g/mol. The number of hydrogen-bond donors (Lipinski definition) is 0. The molecule has 0 saturated heterocycles. The van der Waals surface area contributed by atoms with Gasteiger partial charge in [0.25, 0.3) is 0 Å². The second kappa shape index (κ2) is 3.34. The first-order valence-corrected chi connectivity index (χ1v) is 3.66. The van der Waals surface area contributed by atoms with E-state index in [1.807, 2.05) is 0 Å². The van der Waals surface area contributed by atoms with Crippen LogP contribution in [0.4, 0.5) is 0 Å². The quantitative estimate of drug-likeness (QED) is 0.564. The summed E-state index contributed by atoms with van der Waals surface area (Å²) in [6.07, 6.45) is 1.38. The van der Waals surface area contributed by atoms with E-state index >= 15 is 0 Å². The Kier molecular flexibility index (Phi) is 2.43. The summed E-state index contributed by atoms with van der Waals surface area (Å²) in [5.41, 5.74) is -0.0880. The highest BCUT2D eigenvalue weighted by Gasteiger charge is 2.15. The largest absolute Gasteiger partial charge is 0.458 e. The van der Waals surface area contributed by atoms with E-state index < -0.39 is 4.92 Å². The maximum absolute atomic E-state index is 10.3. The third kappa shape index (κ3) is 1.68. The van der Waals surface area contributed by atoms with Crippen LogP contribution in [0.15, 0.2) is 27.8 Å². The molecule has 1 heterocycles. The number of furan rings is 1. The topological polar surface area (TPSA) is 56.3 Å². The maximum atomic E-state index is 10.3. The van der Waals surface area contributed by atoms with Crippen LogP contribution in [0.25, 0.3) is 5.70 Å². The Morgan fingerprint density at radius 2 is 2.55 bits per heavy atom. The van der Waals surface area contributed by atoms with E-state index in [0.29, 0.717) is 0 Å². The van der Waals surface area contributed by atoms with Gasteiger partial charge in [0.1, 0.15) is 0 Å². The van der Waals surface area contributed by atoms with Crippen molar-refractivity contribution in [2.45, 2.75) is 0 Å². The number of halogens is 1. The molecule has 1 aromatic heterocycles. The van der Waals surface area contributed by atoms with E-state index in [-0.39, 0.29) is 11.5 Å². The van der Waals surface area contributed by atoms with Crippen LogP contribution in [-0.4, -0.2) is 4.92 Å². The molecule has 0 aliphatic carbocycles. The lowest BCUT2D eigenvalue weighted by atomic mass is 10.4. The van der Waals surface area contributed by atoms with E-state index in [9.17, 15) is 10.1 Å². The van der Waals surface area contributed by atoms with Gasteiger partial charge in [-0.25, -0.2) is 0 Å². The SMILES string of the molecule is O=[N+]([O-])/C(=C\Br)c1ccco1. The lowest BCUT2D eigenvalue weighted by Crippen LogP contribution is -1.94. The molecule has 0 aromatic carbocycles. The Morgan fingerprint density at radius 1 is 1.82 bits per heavy atom. The lowest BCUT2D eigenvalue weighted by molar-refractivity contribution is -0.376. The van der Waals surface area contributed by atoms with Crippen molar-refractivity contribution in [3.05, 3.63) is 39.3 Å². The minimum atomic E-state index is -0.520. The molecule has 0 spiro atoms. The fraction of sp³-hybridized carbons (Fsp3) is 0. The first kappa shape index (κ1) is 8.00. The third-order valence-corrected chi connectivity index (χ3v) is 1.51. The van der Waals surface area contributed by atoms with Crippen LogP contribution >= 0.6 is 15.9 Å². The smallest absolute Gasteiger partial charge is 0.318 e. The minimum absolute atomic E-state index is 0.0880. The molecule has 0 amide bonds. The molecule has 0 aliphatic rings. The van der Waals surface area contributed by atoms with Gasteiger partial charge in [0, 0.05) is 0 Å². The van der Waals surface area contributed by atoms with E-state index in [0.717, 1.165) is 0 Å². The Morgan fingerprint density at radius 3 is 2.91 bits per heavy atom. The van der Waals surface area contributed by atoms with Crippen molar-refractivity contribution in [2.24, 2.45) is 0 Å². The van der Waals surface area contributed by atoms with E-state index in [1.165, 1.54) is 17.3 Å². The maximum Gasteiger partial charge on any atom is 0.318 e. The molecule has 0 aliphatic heterocycles. The highest BCUT2D eigenvalue weighted by molar-refractivity contribution is 9.11. The average molecular weight is 218 g/mol. The number of hydrogen-bond acceptors (Lipinski definition) is 3. The van der Waals surface area contributed by atoms with Gasteiger partial charge in [0.2, 0.25) is 5.76 Å². The molecular formula is C6H4BrNO3. The van der Waals surface area contributed by atoms with Gasteiger partial charge in [-0.3, -0.25) is 10.1 Å². The van der Waals surface area contributed by atoms with Crippen LogP contribution < -0.4 is 0 Å². The predicted molar refractivity (Wildman–Crippen MR) is 42.6 cm³/mol. The third-order valence-electron chi connectivity index (χ3n) is 1.07. The van der Waals surface area contributed by atoms with Crippen LogP contribution in [0, 0.1) is 10.1 Å². The molecule has 4 nitrogen and oxygen atoms in total. The summed E-state index contributed by atoms with van der Waals surface area (Å²) >= 11 is 2.87. The fourth-order valence-corrected chi connectivity index (χ4v) is 1.00. The molecule has 0 bridgehead atoms. The molecule has 0 atom stereocenters. The molecule has 0 saturated carbocycles. The summed E-state index contributed by atoms with van der Waals surface area (Å²) in [6.45, 7) is 0. The first-order valence-electron chi connectivity index (χ1n) is 2.74. The standard InChI is InChI=1S/C6H4BrNO3/c7-4-5(8(9)10)6-2-1-3-11-6/h1-4H/b5-4-. The van der Waals surface area contributed by atoms with Gasteiger partial charge in [-0.05, 0) is 12.1 Å². The van der Waals surface area contributed by atoms with Gasteiger partial charge in [-0.1, -0.05) is 15.9 Å². The second-order valence-electron chi connectivity index (χ2n) is 1.73. The zero-order chi connectivity index (χ0) is 8.27. The van der Waals surface area contributed by atoms with Crippen LogP contribution in [0.2, 0.25) is 0 Å². The lowest BCUT2D eigenvalue weighted by Gasteiger charge is -1.89. The van der Waals surface area contributed by atoms with Crippen LogP contribution in [0.1, 0.15) is 5.76 Å². The van der Waals surface area contributed by atoms with Gasteiger partial charge < -0.3 is 4.42 Å². The highest BCUT2D eigenvalue weighted by atomic mass is 79.9. The van der Waals surface area contributed by atoms with Crippen molar-refractivity contribution in [2.75, 3.05) is 0 Å². The van der Waals surface area contributed by atoms with Crippen molar-refractivity contribution < 1.29 is 9.34 Å². The minimum Gasteiger partial charge on any atom is -0.458 e. The molecule has 0 radical (unpaired) electrons. The van der Waals surface area contributed by atoms with Crippen molar-refractivity contribution in [1.82, 2.24) is 0 Å². The van der Waals surface area contributed by atoms with Gasteiger partial charge in [-0.2, -0.15) is 0 Å². The Bertz CT molecular complexity index is 278. The van der Waals surface area contributed by atoms with Crippen LogP contribution in [0.3, 0.4) is 0 Å². The average Bonchev–Trinajstić information content (AvgIpc) is 2.40.